The van der Waals surface area contributed by atoms with Crippen LogP contribution in [0.25, 0.3) is 5.69 Å². The average molecular weight is 324 g/mol. The van der Waals surface area contributed by atoms with Gasteiger partial charge in [0.05, 0.1) is 6.20 Å². The van der Waals surface area contributed by atoms with E-state index in [-0.39, 0.29) is 5.91 Å². The van der Waals surface area contributed by atoms with Gasteiger partial charge in [-0.25, -0.2) is 4.98 Å². The van der Waals surface area contributed by atoms with Gasteiger partial charge in [-0.05, 0) is 30.0 Å². The number of benzene rings is 1. The fourth-order valence-electron chi connectivity index (χ4n) is 2.24. The summed E-state index contributed by atoms with van der Waals surface area (Å²) in [5.41, 5.74) is 2.39. The van der Waals surface area contributed by atoms with E-state index in [9.17, 15) is 4.79 Å². The molecule has 0 radical (unpaired) electrons. The quantitative estimate of drug-likeness (QED) is 0.733. The Balaban J connectivity index is 1.85. The second kappa shape index (κ2) is 7.11. The van der Waals surface area contributed by atoms with Crippen LogP contribution >= 0.6 is 11.8 Å². The SMILES string of the molecule is CSc1ncc(C(=O)NCc2cccnc2)n1-c1ccccc1. The first-order chi connectivity index (χ1) is 11.3. The maximum absolute atomic E-state index is 12.5. The highest BCUT2D eigenvalue weighted by molar-refractivity contribution is 7.98. The zero-order chi connectivity index (χ0) is 16.1. The van der Waals surface area contributed by atoms with E-state index in [4.69, 9.17) is 0 Å². The molecule has 0 saturated carbocycles. The number of para-hydroxylation sites is 1. The molecule has 0 aliphatic carbocycles. The molecule has 0 aliphatic rings. The number of nitrogens with zero attached hydrogens (tertiary/aromatic N) is 3. The van der Waals surface area contributed by atoms with Crippen LogP contribution in [-0.4, -0.2) is 26.7 Å². The van der Waals surface area contributed by atoms with Crippen molar-refractivity contribution in [3.05, 3.63) is 72.3 Å². The van der Waals surface area contributed by atoms with Crippen molar-refractivity contribution >= 4 is 17.7 Å². The summed E-state index contributed by atoms with van der Waals surface area (Å²) in [6.07, 6.45) is 7.00. The average Bonchev–Trinajstić information content (AvgIpc) is 3.05. The highest BCUT2D eigenvalue weighted by atomic mass is 32.2. The minimum atomic E-state index is -0.162. The number of pyridine rings is 1. The maximum Gasteiger partial charge on any atom is 0.270 e. The summed E-state index contributed by atoms with van der Waals surface area (Å²) in [4.78, 5) is 20.9. The van der Waals surface area contributed by atoms with Crippen molar-refractivity contribution in [2.45, 2.75) is 11.7 Å². The predicted molar refractivity (Wildman–Crippen MR) is 90.8 cm³/mol. The van der Waals surface area contributed by atoms with Gasteiger partial charge < -0.3 is 5.32 Å². The molecule has 3 rings (SSSR count). The third kappa shape index (κ3) is 3.43. The number of imidazole rings is 1. The number of carbonyl (C=O) groups excluding carboxylic acids is 1. The Labute approximate surface area is 138 Å². The summed E-state index contributed by atoms with van der Waals surface area (Å²) in [6, 6.07) is 13.5. The Kier molecular flexibility index (Phi) is 4.73. The molecule has 23 heavy (non-hydrogen) atoms. The van der Waals surface area contributed by atoms with Crippen molar-refractivity contribution in [3.63, 3.8) is 0 Å². The topological polar surface area (TPSA) is 59.8 Å². The predicted octanol–water partition coefficient (Wildman–Crippen LogP) is 2.92. The lowest BCUT2D eigenvalue weighted by molar-refractivity contribution is 0.0943. The lowest BCUT2D eigenvalue weighted by Crippen LogP contribution is -2.25. The van der Waals surface area contributed by atoms with E-state index in [0.29, 0.717) is 12.2 Å². The highest BCUT2D eigenvalue weighted by Gasteiger charge is 2.17. The molecule has 0 aliphatic heterocycles. The number of hydrogen-bond donors (Lipinski definition) is 1. The molecule has 3 aromatic rings. The van der Waals surface area contributed by atoms with E-state index >= 15 is 0 Å². The molecule has 0 unspecified atom stereocenters. The molecule has 0 saturated heterocycles. The van der Waals surface area contributed by atoms with Crippen LogP contribution in [0.15, 0.2) is 66.2 Å². The van der Waals surface area contributed by atoms with Gasteiger partial charge in [0.2, 0.25) is 0 Å². The molecule has 1 N–H and O–H groups in total. The lowest BCUT2D eigenvalue weighted by Gasteiger charge is -2.11. The number of thioether (sulfide) groups is 1. The van der Waals surface area contributed by atoms with Crippen LogP contribution in [0.1, 0.15) is 16.1 Å². The van der Waals surface area contributed by atoms with E-state index in [1.54, 1.807) is 18.6 Å². The Bertz CT molecular complexity index is 787. The molecular weight excluding hydrogens is 308 g/mol. The molecule has 1 aromatic carbocycles. The molecule has 1 amide bonds. The first kappa shape index (κ1) is 15.3. The molecule has 0 bridgehead atoms. The van der Waals surface area contributed by atoms with Gasteiger partial charge in [0, 0.05) is 24.6 Å². The highest BCUT2D eigenvalue weighted by Crippen LogP contribution is 2.21. The number of nitrogens with one attached hydrogen (secondary N) is 1. The van der Waals surface area contributed by atoms with Crippen LogP contribution < -0.4 is 5.32 Å². The van der Waals surface area contributed by atoms with Gasteiger partial charge in [-0.2, -0.15) is 0 Å². The Morgan fingerprint density at radius 2 is 2.00 bits per heavy atom. The summed E-state index contributed by atoms with van der Waals surface area (Å²) in [5.74, 6) is -0.162. The standard InChI is InChI=1S/C17H16N4OS/c1-23-17-20-12-15(21(17)14-7-3-2-4-8-14)16(22)19-11-13-6-5-9-18-10-13/h2-10,12H,11H2,1H3,(H,19,22). The number of amides is 1. The minimum Gasteiger partial charge on any atom is -0.347 e. The first-order valence-electron chi connectivity index (χ1n) is 7.14. The molecular formula is C17H16N4OS. The normalized spacial score (nSPS) is 10.5. The fraction of sp³-hybridized carbons (Fsp3) is 0.118. The first-order valence-corrected chi connectivity index (χ1v) is 8.36. The van der Waals surface area contributed by atoms with Crippen molar-refractivity contribution < 1.29 is 4.79 Å². The number of rotatable bonds is 5. The number of carbonyl (C=O) groups is 1. The van der Waals surface area contributed by atoms with Crippen LogP contribution in [0, 0.1) is 0 Å². The molecule has 0 spiro atoms. The third-order valence-corrected chi connectivity index (χ3v) is 3.99. The summed E-state index contributed by atoms with van der Waals surface area (Å²) in [5, 5.41) is 3.69. The monoisotopic (exact) mass is 324 g/mol. The molecule has 0 atom stereocenters. The van der Waals surface area contributed by atoms with E-state index in [1.165, 1.54) is 11.8 Å². The van der Waals surface area contributed by atoms with Crippen molar-refractivity contribution in [3.8, 4) is 5.69 Å². The lowest BCUT2D eigenvalue weighted by atomic mass is 10.2. The molecule has 2 heterocycles. The van der Waals surface area contributed by atoms with Crippen molar-refractivity contribution in [1.29, 1.82) is 0 Å². The molecule has 0 fully saturated rings. The van der Waals surface area contributed by atoms with Crippen LogP contribution in [0.5, 0.6) is 0 Å². The maximum atomic E-state index is 12.5. The molecule has 116 valence electrons. The Morgan fingerprint density at radius 1 is 1.17 bits per heavy atom. The zero-order valence-corrected chi connectivity index (χ0v) is 13.5. The smallest absolute Gasteiger partial charge is 0.270 e. The minimum absolute atomic E-state index is 0.162. The fourth-order valence-corrected chi connectivity index (χ4v) is 2.79. The Morgan fingerprint density at radius 3 is 2.70 bits per heavy atom. The van der Waals surface area contributed by atoms with Crippen molar-refractivity contribution in [2.24, 2.45) is 0 Å². The third-order valence-electron chi connectivity index (χ3n) is 3.33. The second-order valence-electron chi connectivity index (χ2n) is 4.85. The van der Waals surface area contributed by atoms with Gasteiger partial charge >= 0.3 is 0 Å². The zero-order valence-electron chi connectivity index (χ0n) is 12.6. The van der Waals surface area contributed by atoms with E-state index in [0.717, 1.165) is 16.4 Å². The van der Waals surface area contributed by atoms with Crippen LogP contribution in [0.2, 0.25) is 0 Å². The van der Waals surface area contributed by atoms with E-state index in [2.05, 4.69) is 15.3 Å². The largest absolute Gasteiger partial charge is 0.347 e. The van der Waals surface area contributed by atoms with Gasteiger partial charge in [0.1, 0.15) is 5.69 Å². The van der Waals surface area contributed by atoms with Gasteiger partial charge in [0.25, 0.3) is 5.91 Å². The van der Waals surface area contributed by atoms with Gasteiger partial charge in [-0.1, -0.05) is 36.0 Å². The van der Waals surface area contributed by atoms with Gasteiger partial charge in [-0.3, -0.25) is 14.3 Å². The van der Waals surface area contributed by atoms with Gasteiger partial charge in [0.15, 0.2) is 5.16 Å². The molecule has 2 aromatic heterocycles. The number of hydrogen-bond acceptors (Lipinski definition) is 4. The van der Waals surface area contributed by atoms with Crippen LogP contribution in [0.3, 0.4) is 0 Å². The van der Waals surface area contributed by atoms with Crippen LogP contribution in [0.4, 0.5) is 0 Å². The molecule has 6 heteroatoms. The van der Waals surface area contributed by atoms with Crippen LogP contribution in [-0.2, 0) is 6.54 Å². The van der Waals surface area contributed by atoms with Gasteiger partial charge in [-0.15, -0.1) is 0 Å². The summed E-state index contributed by atoms with van der Waals surface area (Å²) < 4.78 is 1.86. The molecule has 5 nitrogen and oxygen atoms in total. The van der Waals surface area contributed by atoms with Crippen molar-refractivity contribution in [2.75, 3.05) is 6.26 Å². The van der Waals surface area contributed by atoms with E-state index in [1.807, 2.05) is 53.3 Å². The summed E-state index contributed by atoms with van der Waals surface area (Å²) >= 11 is 1.50. The summed E-state index contributed by atoms with van der Waals surface area (Å²) in [6.45, 7) is 0.432. The van der Waals surface area contributed by atoms with Crippen molar-refractivity contribution in [1.82, 2.24) is 19.9 Å². The second-order valence-corrected chi connectivity index (χ2v) is 5.62. The number of aromatic nitrogens is 3. The summed E-state index contributed by atoms with van der Waals surface area (Å²) in [7, 11) is 0. The van der Waals surface area contributed by atoms with E-state index < -0.39 is 0 Å². The Hall–Kier alpha value is -2.60.